The van der Waals surface area contributed by atoms with E-state index in [-0.39, 0.29) is 17.9 Å². The molecule has 6 heteroatoms. The molecule has 0 spiro atoms. The van der Waals surface area contributed by atoms with Gasteiger partial charge in [-0.3, -0.25) is 9.59 Å². The van der Waals surface area contributed by atoms with Gasteiger partial charge in [0.15, 0.2) is 0 Å². The summed E-state index contributed by atoms with van der Waals surface area (Å²) in [6.07, 6.45) is 6.98. The Balaban J connectivity index is 1.65. The SMILES string of the molecule is CC[C@H](C(=O)NC1CCCCC1)N(CCc1ccccc1)C(=O)CSCc1ccccc1Cl. The first-order chi connectivity index (χ1) is 16.1. The molecule has 1 fully saturated rings. The van der Waals surface area contributed by atoms with Gasteiger partial charge >= 0.3 is 0 Å². The van der Waals surface area contributed by atoms with Crippen molar-refractivity contribution >= 4 is 35.2 Å². The fraction of sp³-hybridized carbons (Fsp3) is 0.481. The lowest BCUT2D eigenvalue weighted by atomic mass is 9.95. The van der Waals surface area contributed by atoms with E-state index in [1.807, 2.05) is 49.4 Å². The monoisotopic (exact) mass is 486 g/mol. The predicted octanol–water partition coefficient (Wildman–Crippen LogP) is 5.87. The number of carbonyl (C=O) groups excluding carboxylic acids is 2. The quantitative estimate of drug-likeness (QED) is 0.432. The molecule has 0 aromatic heterocycles. The van der Waals surface area contributed by atoms with Crippen LogP contribution in [0.4, 0.5) is 0 Å². The van der Waals surface area contributed by atoms with Crippen LogP contribution in [-0.2, 0) is 21.8 Å². The summed E-state index contributed by atoms with van der Waals surface area (Å²) in [6, 6.07) is 17.7. The van der Waals surface area contributed by atoms with E-state index < -0.39 is 6.04 Å². The molecule has 0 aliphatic heterocycles. The Bertz CT molecular complexity index is 887. The number of rotatable bonds is 11. The Morgan fingerprint density at radius 2 is 1.76 bits per heavy atom. The summed E-state index contributed by atoms with van der Waals surface area (Å²) in [7, 11) is 0. The van der Waals surface area contributed by atoms with E-state index >= 15 is 0 Å². The highest BCUT2D eigenvalue weighted by molar-refractivity contribution is 7.99. The highest BCUT2D eigenvalue weighted by atomic mass is 35.5. The topological polar surface area (TPSA) is 49.4 Å². The lowest BCUT2D eigenvalue weighted by Crippen LogP contribution is -2.52. The number of nitrogens with one attached hydrogen (secondary N) is 1. The largest absolute Gasteiger partial charge is 0.352 e. The Hall–Kier alpha value is -1.98. The van der Waals surface area contributed by atoms with E-state index in [0.717, 1.165) is 42.7 Å². The lowest BCUT2D eigenvalue weighted by molar-refractivity contribution is -0.139. The van der Waals surface area contributed by atoms with Crippen molar-refractivity contribution < 1.29 is 9.59 Å². The third kappa shape index (κ3) is 8.08. The second-order valence-electron chi connectivity index (χ2n) is 8.67. The predicted molar refractivity (Wildman–Crippen MR) is 139 cm³/mol. The smallest absolute Gasteiger partial charge is 0.243 e. The minimum Gasteiger partial charge on any atom is -0.352 e. The minimum atomic E-state index is -0.441. The minimum absolute atomic E-state index is 0.00799. The summed E-state index contributed by atoms with van der Waals surface area (Å²) in [4.78, 5) is 28.3. The van der Waals surface area contributed by atoms with Crippen molar-refractivity contribution in [1.82, 2.24) is 10.2 Å². The van der Waals surface area contributed by atoms with Crippen molar-refractivity contribution in [2.75, 3.05) is 12.3 Å². The molecule has 1 saturated carbocycles. The number of hydrogen-bond donors (Lipinski definition) is 1. The van der Waals surface area contributed by atoms with Gasteiger partial charge in [-0.1, -0.05) is 86.3 Å². The zero-order chi connectivity index (χ0) is 23.5. The highest BCUT2D eigenvalue weighted by Gasteiger charge is 2.29. The van der Waals surface area contributed by atoms with Crippen molar-refractivity contribution in [2.45, 2.75) is 69.7 Å². The van der Waals surface area contributed by atoms with Gasteiger partial charge in [0, 0.05) is 23.4 Å². The molecule has 0 unspecified atom stereocenters. The molecule has 1 aliphatic rings. The molecular weight excluding hydrogens is 452 g/mol. The van der Waals surface area contributed by atoms with Crippen LogP contribution in [0.1, 0.15) is 56.6 Å². The average Bonchev–Trinajstić information content (AvgIpc) is 2.84. The number of halogens is 1. The third-order valence-electron chi connectivity index (χ3n) is 6.26. The Labute approximate surface area is 207 Å². The summed E-state index contributed by atoms with van der Waals surface area (Å²) in [6.45, 7) is 2.52. The fourth-order valence-electron chi connectivity index (χ4n) is 4.39. The van der Waals surface area contributed by atoms with Crippen LogP contribution in [0, 0.1) is 0 Å². The summed E-state index contributed by atoms with van der Waals surface area (Å²) in [5.74, 6) is 0.992. The van der Waals surface area contributed by atoms with Crippen LogP contribution in [0.5, 0.6) is 0 Å². The molecule has 2 amide bonds. The molecule has 2 aromatic carbocycles. The molecule has 3 rings (SSSR count). The molecule has 2 aromatic rings. The van der Waals surface area contributed by atoms with E-state index in [1.165, 1.54) is 12.0 Å². The fourth-order valence-corrected chi connectivity index (χ4v) is 5.58. The van der Waals surface area contributed by atoms with Gasteiger partial charge in [0.05, 0.1) is 5.75 Å². The van der Waals surface area contributed by atoms with Gasteiger partial charge in [0.2, 0.25) is 11.8 Å². The molecule has 0 saturated heterocycles. The number of hydrogen-bond acceptors (Lipinski definition) is 3. The molecular formula is C27H35ClN2O2S. The number of benzene rings is 2. The van der Waals surface area contributed by atoms with Crippen molar-refractivity contribution in [1.29, 1.82) is 0 Å². The first kappa shape index (κ1) is 25.6. The zero-order valence-corrected chi connectivity index (χ0v) is 21.0. The number of amides is 2. The van der Waals surface area contributed by atoms with Crippen LogP contribution >= 0.6 is 23.4 Å². The van der Waals surface area contributed by atoms with E-state index in [9.17, 15) is 9.59 Å². The van der Waals surface area contributed by atoms with Gasteiger partial charge in [-0.25, -0.2) is 0 Å². The molecule has 1 N–H and O–H groups in total. The maximum absolute atomic E-state index is 13.3. The van der Waals surface area contributed by atoms with Gasteiger partial charge in [0.1, 0.15) is 6.04 Å². The maximum atomic E-state index is 13.3. The van der Waals surface area contributed by atoms with Crippen molar-refractivity contribution in [3.63, 3.8) is 0 Å². The molecule has 33 heavy (non-hydrogen) atoms. The molecule has 178 valence electrons. The van der Waals surface area contributed by atoms with Gasteiger partial charge < -0.3 is 10.2 Å². The Morgan fingerprint density at radius 3 is 2.45 bits per heavy atom. The van der Waals surface area contributed by atoms with Crippen LogP contribution in [0.3, 0.4) is 0 Å². The Morgan fingerprint density at radius 1 is 1.06 bits per heavy atom. The summed E-state index contributed by atoms with van der Waals surface area (Å²) < 4.78 is 0. The third-order valence-corrected chi connectivity index (χ3v) is 7.60. The number of thioether (sulfide) groups is 1. The van der Waals surface area contributed by atoms with Crippen LogP contribution < -0.4 is 5.32 Å². The summed E-state index contributed by atoms with van der Waals surface area (Å²) in [5.41, 5.74) is 2.19. The summed E-state index contributed by atoms with van der Waals surface area (Å²) >= 11 is 7.81. The molecule has 0 heterocycles. The lowest BCUT2D eigenvalue weighted by Gasteiger charge is -2.32. The van der Waals surface area contributed by atoms with Gasteiger partial charge in [-0.2, -0.15) is 0 Å². The van der Waals surface area contributed by atoms with Gasteiger partial charge in [-0.15, -0.1) is 11.8 Å². The number of nitrogens with zero attached hydrogens (tertiary/aromatic N) is 1. The molecule has 0 radical (unpaired) electrons. The standard InChI is InChI=1S/C27H35ClN2O2S/c1-2-25(27(32)29-23-14-7-4-8-15-23)30(18-17-21-11-5-3-6-12-21)26(31)20-33-19-22-13-9-10-16-24(22)28/h3,5-6,9-13,16,23,25H,2,4,7-8,14-15,17-20H2,1H3,(H,29,32)/t25-/m1/s1. The van der Waals surface area contributed by atoms with Crippen LogP contribution in [-0.4, -0.2) is 41.1 Å². The van der Waals surface area contributed by atoms with E-state index in [2.05, 4.69) is 17.4 Å². The van der Waals surface area contributed by atoms with Gasteiger partial charge in [-0.05, 0) is 42.9 Å². The number of carbonyl (C=O) groups is 2. The normalized spacial score (nSPS) is 15.1. The molecule has 4 nitrogen and oxygen atoms in total. The molecule has 1 aliphatic carbocycles. The first-order valence-corrected chi connectivity index (χ1v) is 13.6. The van der Waals surface area contributed by atoms with Crippen molar-refractivity contribution in [2.24, 2.45) is 0 Å². The van der Waals surface area contributed by atoms with E-state index in [1.54, 1.807) is 16.7 Å². The van der Waals surface area contributed by atoms with Crippen LogP contribution in [0.2, 0.25) is 5.02 Å². The molecule has 0 bridgehead atoms. The average molecular weight is 487 g/mol. The van der Waals surface area contributed by atoms with Crippen LogP contribution in [0.25, 0.3) is 0 Å². The maximum Gasteiger partial charge on any atom is 0.243 e. The Kier molecular flexibility index (Phi) is 10.6. The second kappa shape index (κ2) is 13.7. The molecule has 1 atom stereocenters. The van der Waals surface area contributed by atoms with Gasteiger partial charge in [0.25, 0.3) is 0 Å². The highest BCUT2D eigenvalue weighted by Crippen LogP contribution is 2.22. The second-order valence-corrected chi connectivity index (χ2v) is 10.1. The summed E-state index contributed by atoms with van der Waals surface area (Å²) in [5, 5.41) is 3.95. The first-order valence-electron chi connectivity index (χ1n) is 12.0. The zero-order valence-electron chi connectivity index (χ0n) is 19.5. The van der Waals surface area contributed by atoms with Crippen molar-refractivity contribution in [3.8, 4) is 0 Å². The van der Waals surface area contributed by atoms with E-state index in [4.69, 9.17) is 11.6 Å². The van der Waals surface area contributed by atoms with Crippen LogP contribution in [0.15, 0.2) is 54.6 Å². The van der Waals surface area contributed by atoms with E-state index in [0.29, 0.717) is 24.5 Å². The van der Waals surface area contributed by atoms with Crippen molar-refractivity contribution in [3.05, 3.63) is 70.7 Å².